The number of pyridine rings is 1. The summed E-state index contributed by atoms with van der Waals surface area (Å²) in [6.45, 7) is 2.29. The molecule has 3 aromatic rings. The van der Waals surface area contributed by atoms with Crippen molar-refractivity contribution in [1.29, 1.82) is 0 Å². The number of β-amino-alcohol motifs (C(OH)–C–C–N with tert-alkyl or cyclic N) is 1. The van der Waals surface area contributed by atoms with Crippen molar-refractivity contribution in [3.63, 3.8) is 0 Å². The van der Waals surface area contributed by atoms with E-state index in [2.05, 4.69) is 14.9 Å². The van der Waals surface area contributed by atoms with Gasteiger partial charge in [0.25, 0.3) is 0 Å². The molecule has 4 nitrogen and oxygen atoms in total. The molecule has 0 aliphatic carbocycles. The average Bonchev–Trinajstić information content (AvgIpc) is 3.10. The number of para-hydroxylation sites is 1. The van der Waals surface area contributed by atoms with Crippen LogP contribution in [0.3, 0.4) is 0 Å². The molecule has 1 saturated heterocycles. The lowest BCUT2D eigenvalue weighted by Gasteiger charge is -2.15. The molecule has 2 aromatic heterocycles. The third kappa shape index (κ3) is 3.05. The van der Waals surface area contributed by atoms with E-state index in [-0.39, 0.29) is 12.0 Å². The van der Waals surface area contributed by atoms with Crippen LogP contribution in [0.2, 0.25) is 5.02 Å². The molecule has 2 atom stereocenters. The van der Waals surface area contributed by atoms with E-state index in [0.717, 1.165) is 41.1 Å². The maximum atomic E-state index is 10.4. The minimum absolute atomic E-state index is 0.246. The standard InChI is InChI=1S/C19H20ClN3O/c20-19-15-3-1-2-4-16(15)22-17(19)11-23-10-14(18(24)12-23)9-13-5-7-21-8-6-13/h1-8,14,18,22,24H,9-12H2/t14-,18+/m1/s1. The van der Waals surface area contributed by atoms with E-state index in [1.807, 2.05) is 36.4 Å². The molecule has 24 heavy (non-hydrogen) atoms. The zero-order valence-electron chi connectivity index (χ0n) is 13.3. The van der Waals surface area contributed by atoms with Crippen LogP contribution in [-0.2, 0) is 13.0 Å². The monoisotopic (exact) mass is 341 g/mol. The van der Waals surface area contributed by atoms with Gasteiger partial charge in [0.2, 0.25) is 0 Å². The van der Waals surface area contributed by atoms with Crippen molar-refractivity contribution in [2.24, 2.45) is 5.92 Å². The second-order valence-electron chi connectivity index (χ2n) is 6.54. The molecule has 0 unspecified atom stereocenters. The number of fused-ring (bicyclic) bond motifs is 1. The van der Waals surface area contributed by atoms with Crippen molar-refractivity contribution in [2.45, 2.75) is 19.1 Å². The number of H-pyrrole nitrogens is 1. The molecular weight excluding hydrogens is 322 g/mol. The van der Waals surface area contributed by atoms with Crippen LogP contribution in [0.1, 0.15) is 11.3 Å². The van der Waals surface area contributed by atoms with E-state index in [9.17, 15) is 5.11 Å². The normalized spacial score (nSPS) is 21.6. The topological polar surface area (TPSA) is 52.1 Å². The maximum Gasteiger partial charge on any atom is 0.0710 e. The molecule has 0 bridgehead atoms. The highest BCUT2D eigenvalue weighted by atomic mass is 35.5. The summed E-state index contributed by atoms with van der Waals surface area (Å²) in [6, 6.07) is 12.1. The van der Waals surface area contributed by atoms with Crippen LogP contribution in [0.25, 0.3) is 10.9 Å². The second-order valence-corrected chi connectivity index (χ2v) is 6.92. The molecule has 3 heterocycles. The van der Waals surface area contributed by atoms with Crippen molar-refractivity contribution >= 4 is 22.5 Å². The van der Waals surface area contributed by atoms with Crippen LogP contribution in [-0.4, -0.2) is 39.2 Å². The fourth-order valence-corrected chi connectivity index (χ4v) is 3.86. The average molecular weight is 342 g/mol. The van der Waals surface area contributed by atoms with Crippen LogP contribution < -0.4 is 0 Å². The fraction of sp³-hybridized carbons (Fsp3) is 0.316. The van der Waals surface area contributed by atoms with Gasteiger partial charge in [-0.05, 0) is 30.2 Å². The number of rotatable bonds is 4. The third-order valence-electron chi connectivity index (χ3n) is 4.83. The van der Waals surface area contributed by atoms with E-state index >= 15 is 0 Å². The van der Waals surface area contributed by atoms with Gasteiger partial charge in [0.1, 0.15) is 0 Å². The molecule has 0 radical (unpaired) electrons. The predicted molar refractivity (Wildman–Crippen MR) is 96.0 cm³/mol. The van der Waals surface area contributed by atoms with Gasteiger partial charge in [0, 0.05) is 54.5 Å². The number of aliphatic hydroxyl groups is 1. The largest absolute Gasteiger partial charge is 0.391 e. The number of halogens is 1. The highest BCUT2D eigenvalue weighted by molar-refractivity contribution is 6.36. The number of nitrogens with one attached hydrogen (secondary N) is 1. The van der Waals surface area contributed by atoms with Crippen LogP contribution >= 0.6 is 11.6 Å². The highest BCUT2D eigenvalue weighted by Gasteiger charge is 2.31. The van der Waals surface area contributed by atoms with Gasteiger partial charge in [-0.15, -0.1) is 0 Å². The number of aliphatic hydroxyl groups excluding tert-OH is 1. The lowest BCUT2D eigenvalue weighted by Crippen LogP contribution is -2.21. The van der Waals surface area contributed by atoms with E-state index in [0.29, 0.717) is 6.54 Å². The Balaban J connectivity index is 1.46. The van der Waals surface area contributed by atoms with Gasteiger partial charge in [0.05, 0.1) is 11.1 Å². The zero-order chi connectivity index (χ0) is 16.5. The van der Waals surface area contributed by atoms with E-state index < -0.39 is 0 Å². The summed E-state index contributed by atoms with van der Waals surface area (Å²) in [7, 11) is 0. The Labute approximate surface area is 146 Å². The van der Waals surface area contributed by atoms with Crippen molar-refractivity contribution < 1.29 is 5.11 Å². The van der Waals surface area contributed by atoms with E-state index in [1.165, 1.54) is 5.56 Å². The maximum absolute atomic E-state index is 10.4. The summed E-state index contributed by atoms with van der Waals surface area (Å²) in [6.07, 6.45) is 4.18. The summed E-state index contributed by atoms with van der Waals surface area (Å²) in [4.78, 5) is 9.73. The molecule has 124 valence electrons. The van der Waals surface area contributed by atoms with Gasteiger partial charge in [-0.2, -0.15) is 0 Å². The third-order valence-corrected chi connectivity index (χ3v) is 5.26. The lowest BCUT2D eigenvalue weighted by molar-refractivity contribution is 0.141. The van der Waals surface area contributed by atoms with Gasteiger partial charge in [-0.1, -0.05) is 29.8 Å². The summed E-state index contributed by atoms with van der Waals surface area (Å²) < 4.78 is 0. The Hall–Kier alpha value is -1.88. The molecule has 4 rings (SSSR count). The summed E-state index contributed by atoms with van der Waals surface area (Å²) in [5.41, 5.74) is 3.31. The Kier molecular flexibility index (Phi) is 4.27. The molecule has 2 N–H and O–H groups in total. The summed E-state index contributed by atoms with van der Waals surface area (Å²) in [5.74, 6) is 0.246. The summed E-state index contributed by atoms with van der Waals surface area (Å²) in [5, 5.41) is 12.3. The van der Waals surface area contributed by atoms with Crippen molar-refractivity contribution in [3.05, 3.63) is 65.1 Å². The Morgan fingerprint density at radius 2 is 1.96 bits per heavy atom. The molecule has 1 aliphatic heterocycles. The van der Waals surface area contributed by atoms with Crippen LogP contribution in [0.15, 0.2) is 48.8 Å². The lowest BCUT2D eigenvalue weighted by atomic mass is 9.97. The van der Waals surface area contributed by atoms with Crippen molar-refractivity contribution in [3.8, 4) is 0 Å². The molecule has 1 aliphatic rings. The Bertz CT molecular complexity index is 833. The van der Waals surface area contributed by atoms with Crippen LogP contribution in [0.5, 0.6) is 0 Å². The van der Waals surface area contributed by atoms with Gasteiger partial charge in [-0.25, -0.2) is 0 Å². The van der Waals surface area contributed by atoms with Crippen LogP contribution in [0.4, 0.5) is 0 Å². The summed E-state index contributed by atoms with van der Waals surface area (Å²) >= 11 is 6.51. The first kappa shape index (κ1) is 15.6. The number of hydrogen-bond acceptors (Lipinski definition) is 3. The highest BCUT2D eigenvalue weighted by Crippen LogP contribution is 2.30. The van der Waals surface area contributed by atoms with Gasteiger partial charge < -0.3 is 10.1 Å². The molecule has 0 saturated carbocycles. The quantitative estimate of drug-likeness (QED) is 0.766. The zero-order valence-corrected chi connectivity index (χ0v) is 14.1. The smallest absolute Gasteiger partial charge is 0.0710 e. The first-order chi connectivity index (χ1) is 11.7. The molecular formula is C19H20ClN3O. The van der Waals surface area contributed by atoms with E-state index in [1.54, 1.807) is 12.4 Å². The molecule has 1 aromatic carbocycles. The first-order valence-electron chi connectivity index (χ1n) is 8.25. The van der Waals surface area contributed by atoms with Gasteiger partial charge >= 0.3 is 0 Å². The minimum atomic E-state index is -0.304. The van der Waals surface area contributed by atoms with Crippen molar-refractivity contribution in [1.82, 2.24) is 14.9 Å². The van der Waals surface area contributed by atoms with Crippen molar-refractivity contribution in [2.75, 3.05) is 13.1 Å². The van der Waals surface area contributed by atoms with Crippen LogP contribution in [0, 0.1) is 5.92 Å². The first-order valence-corrected chi connectivity index (χ1v) is 8.63. The number of benzene rings is 1. The minimum Gasteiger partial charge on any atom is -0.391 e. The molecule has 0 spiro atoms. The molecule has 1 fully saturated rings. The molecule has 5 heteroatoms. The number of likely N-dealkylation sites (tertiary alicyclic amines) is 1. The fourth-order valence-electron chi connectivity index (χ4n) is 3.59. The second kappa shape index (κ2) is 6.55. The Morgan fingerprint density at radius 1 is 1.17 bits per heavy atom. The predicted octanol–water partition coefficient (Wildman–Crippen LogP) is 3.25. The number of hydrogen-bond donors (Lipinski definition) is 2. The number of nitrogens with zero attached hydrogens (tertiary/aromatic N) is 2. The SMILES string of the molecule is O[C@H]1CN(Cc2[nH]c3ccccc3c2Cl)C[C@H]1Cc1ccncc1. The van der Waals surface area contributed by atoms with Gasteiger partial charge in [0.15, 0.2) is 0 Å². The number of aromatic nitrogens is 2. The number of aromatic amines is 1. The molecule has 0 amide bonds. The Morgan fingerprint density at radius 3 is 2.75 bits per heavy atom. The van der Waals surface area contributed by atoms with E-state index in [4.69, 9.17) is 11.6 Å². The van der Waals surface area contributed by atoms with Gasteiger partial charge in [-0.3, -0.25) is 9.88 Å².